The molecule has 70 valence electrons. The standard InChI is InChI=1S/C7H13NO4/c1-6(2)3-4-11-7(9)5-12-8-10/h6H,3-5H2,1-2H3. The van der Waals surface area contributed by atoms with Gasteiger partial charge in [-0.15, -0.1) is 4.91 Å². The molecule has 0 aromatic carbocycles. The predicted molar refractivity (Wildman–Crippen MR) is 42.2 cm³/mol. The summed E-state index contributed by atoms with van der Waals surface area (Å²) in [4.78, 5) is 24.0. The number of ether oxygens (including phenoxy) is 1. The maximum absolute atomic E-state index is 10.6. The van der Waals surface area contributed by atoms with Gasteiger partial charge in [0.25, 0.3) is 0 Å². The molecule has 0 radical (unpaired) electrons. The van der Waals surface area contributed by atoms with Gasteiger partial charge in [0.05, 0.1) is 6.61 Å². The van der Waals surface area contributed by atoms with Crippen molar-refractivity contribution in [1.82, 2.24) is 0 Å². The van der Waals surface area contributed by atoms with Gasteiger partial charge < -0.3 is 9.57 Å². The van der Waals surface area contributed by atoms with Gasteiger partial charge >= 0.3 is 5.97 Å². The average molecular weight is 175 g/mol. The molecule has 0 aliphatic rings. The third-order valence-electron chi connectivity index (χ3n) is 1.19. The molecule has 0 saturated carbocycles. The fraction of sp³-hybridized carbons (Fsp3) is 0.857. The summed E-state index contributed by atoms with van der Waals surface area (Å²) in [6, 6.07) is 0. The van der Waals surface area contributed by atoms with E-state index in [1.807, 2.05) is 13.8 Å². The quantitative estimate of drug-likeness (QED) is 0.346. The van der Waals surface area contributed by atoms with Gasteiger partial charge in [-0.05, 0) is 12.3 Å². The minimum Gasteiger partial charge on any atom is -0.463 e. The van der Waals surface area contributed by atoms with Crippen molar-refractivity contribution >= 4 is 5.97 Å². The van der Waals surface area contributed by atoms with Crippen LogP contribution in [0.15, 0.2) is 5.34 Å². The fourth-order valence-corrected chi connectivity index (χ4v) is 0.529. The molecule has 0 amide bonds. The van der Waals surface area contributed by atoms with Crippen LogP contribution in [0.3, 0.4) is 0 Å². The summed E-state index contributed by atoms with van der Waals surface area (Å²) in [6.45, 7) is 4.01. The Morgan fingerprint density at radius 3 is 2.67 bits per heavy atom. The van der Waals surface area contributed by atoms with E-state index in [1.54, 1.807) is 0 Å². The van der Waals surface area contributed by atoms with Crippen LogP contribution in [-0.2, 0) is 14.4 Å². The van der Waals surface area contributed by atoms with E-state index in [0.717, 1.165) is 6.42 Å². The van der Waals surface area contributed by atoms with Crippen LogP contribution in [0, 0.1) is 10.8 Å². The Hall–Kier alpha value is -1.13. The Kier molecular flexibility index (Phi) is 5.95. The molecule has 0 bridgehead atoms. The number of rotatable bonds is 6. The number of hydrogen-bond donors (Lipinski definition) is 0. The van der Waals surface area contributed by atoms with Crippen molar-refractivity contribution in [3.63, 3.8) is 0 Å². The van der Waals surface area contributed by atoms with Crippen molar-refractivity contribution < 1.29 is 14.4 Å². The number of carbonyl (C=O) groups excluding carboxylic acids is 1. The highest BCUT2D eigenvalue weighted by atomic mass is 16.7. The minimum absolute atomic E-state index is 0.360. The van der Waals surface area contributed by atoms with E-state index in [4.69, 9.17) is 4.74 Å². The van der Waals surface area contributed by atoms with Crippen LogP contribution in [0.25, 0.3) is 0 Å². The molecule has 0 unspecified atom stereocenters. The first-order valence-electron chi connectivity index (χ1n) is 3.77. The van der Waals surface area contributed by atoms with E-state index in [2.05, 4.69) is 10.2 Å². The average Bonchev–Trinajstić information content (AvgIpc) is 2.00. The van der Waals surface area contributed by atoms with Crippen molar-refractivity contribution in [3.05, 3.63) is 4.91 Å². The van der Waals surface area contributed by atoms with Crippen LogP contribution in [0.4, 0.5) is 0 Å². The largest absolute Gasteiger partial charge is 0.463 e. The lowest BCUT2D eigenvalue weighted by atomic mass is 10.1. The second-order valence-corrected chi connectivity index (χ2v) is 2.75. The maximum atomic E-state index is 10.6. The number of nitrogens with zero attached hydrogens (tertiary/aromatic N) is 1. The van der Waals surface area contributed by atoms with E-state index in [9.17, 15) is 9.70 Å². The van der Waals surface area contributed by atoms with Crippen LogP contribution in [0.1, 0.15) is 20.3 Å². The maximum Gasteiger partial charge on any atom is 0.347 e. The number of carbonyl (C=O) groups is 1. The molecule has 0 aromatic rings. The SMILES string of the molecule is CC(C)CCOC(=O)CON=O. The molecule has 0 aliphatic carbocycles. The second kappa shape index (κ2) is 6.57. The molecule has 0 saturated heterocycles. The summed E-state index contributed by atoms with van der Waals surface area (Å²) in [5.74, 6) is -0.0711. The molecule has 0 fully saturated rings. The zero-order chi connectivity index (χ0) is 9.40. The van der Waals surface area contributed by atoms with Gasteiger partial charge in [0, 0.05) is 0 Å². The third-order valence-corrected chi connectivity index (χ3v) is 1.19. The molecule has 0 N–H and O–H groups in total. The van der Waals surface area contributed by atoms with Gasteiger partial charge in [-0.1, -0.05) is 13.8 Å². The van der Waals surface area contributed by atoms with Gasteiger partial charge in [0.1, 0.15) is 0 Å². The normalized spacial score (nSPS) is 9.58. The summed E-state index contributed by atoms with van der Waals surface area (Å²) in [7, 11) is 0. The van der Waals surface area contributed by atoms with Crippen molar-refractivity contribution in [2.75, 3.05) is 13.2 Å². The molecule has 5 nitrogen and oxygen atoms in total. The lowest BCUT2D eigenvalue weighted by Crippen LogP contribution is -2.12. The van der Waals surface area contributed by atoms with Crippen LogP contribution in [0.2, 0.25) is 0 Å². The molecular weight excluding hydrogens is 162 g/mol. The zero-order valence-corrected chi connectivity index (χ0v) is 7.28. The van der Waals surface area contributed by atoms with E-state index < -0.39 is 12.6 Å². The van der Waals surface area contributed by atoms with Crippen LogP contribution in [0.5, 0.6) is 0 Å². The summed E-state index contributed by atoms with van der Waals surface area (Å²) < 4.78 is 4.69. The topological polar surface area (TPSA) is 65.0 Å². The first-order valence-corrected chi connectivity index (χ1v) is 3.77. The first kappa shape index (κ1) is 10.9. The van der Waals surface area contributed by atoms with E-state index in [0.29, 0.717) is 12.5 Å². The molecule has 0 rings (SSSR count). The highest BCUT2D eigenvalue weighted by molar-refractivity contribution is 5.70. The molecule has 0 heterocycles. The van der Waals surface area contributed by atoms with Gasteiger partial charge in [0.15, 0.2) is 5.34 Å². The Morgan fingerprint density at radius 1 is 1.50 bits per heavy atom. The van der Waals surface area contributed by atoms with Crippen molar-refractivity contribution in [2.45, 2.75) is 20.3 Å². The fourth-order valence-electron chi connectivity index (χ4n) is 0.529. The van der Waals surface area contributed by atoms with E-state index in [-0.39, 0.29) is 0 Å². The Balaban J connectivity index is 3.25. The van der Waals surface area contributed by atoms with Gasteiger partial charge in [-0.2, -0.15) is 0 Å². The van der Waals surface area contributed by atoms with Crippen LogP contribution < -0.4 is 0 Å². The highest BCUT2D eigenvalue weighted by Crippen LogP contribution is 1.98. The molecular formula is C7H13NO4. The molecule has 5 heteroatoms. The van der Waals surface area contributed by atoms with Crippen LogP contribution in [-0.4, -0.2) is 19.2 Å². The summed E-state index contributed by atoms with van der Waals surface area (Å²) in [5, 5.41) is 2.07. The van der Waals surface area contributed by atoms with Crippen molar-refractivity contribution in [2.24, 2.45) is 11.3 Å². The van der Waals surface area contributed by atoms with E-state index in [1.165, 1.54) is 0 Å². The smallest absolute Gasteiger partial charge is 0.347 e. The minimum atomic E-state index is -0.560. The summed E-state index contributed by atoms with van der Waals surface area (Å²) >= 11 is 0. The van der Waals surface area contributed by atoms with Gasteiger partial charge in [-0.3, -0.25) is 0 Å². The summed E-state index contributed by atoms with van der Waals surface area (Å²) in [5.41, 5.74) is 0. The zero-order valence-electron chi connectivity index (χ0n) is 7.28. The van der Waals surface area contributed by atoms with Gasteiger partial charge in [-0.25, -0.2) is 4.79 Å². The number of hydrogen-bond acceptors (Lipinski definition) is 5. The Bertz CT molecular complexity index is 146. The lowest BCUT2D eigenvalue weighted by molar-refractivity contribution is -0.149. The Morgan fingerprint density at radius 2 is 2.17 bits per heavy atom. The summed E-state index contributed by atoms with van der Waals surface area (Å²) in [6.07, 6.45) is 0.806. The highest BCUT2D eigenvalue weighted by Gasteiger charge is 2.03. The molecule has 0 aliphatic heterocycles. The van der Waals surface area contributed by atoms with Crippen molar-refractivity contribution in [1.29, 1.82) is 0 Å². The second-order valence-electron chi connectivity index (χ2n) is 2.75. The molecule has 0 aromatic heterocycles. The monoisotopic (exact) mass is 175 g/mol. The Labute approximate surface area is 71.0 Å². The van der Waals surface area contributed by atoms with Crippen molar-refractivity contribution in [3.8, 4) is 0 Å². The predicted octanol–water partition coefficient (Wildman–Crippen LogP) is 1.27. The lowest BCUT2D eigenvalue weighted by Gasteiger charge is -2.04. The van der Waals surface area contributed by atoms with Gasteiger partial charge in [0.2, 0.25) is 6.61 Å². The van der Waals surface area contributed by atoms with Crippen LogP contribution >= 0.6 is 0 Å². The number of esters is 1. The molecule has 12 heavy (non-hydrogen) atoms. The molecule has 0 atom stereocenters. The third kappa shape index (κ3) is 6.98. The van der Waals surface area contributed by atoms with E-state index >= 15 is 0 Å². The first-order chi connectivity index (χ1) is 5.66. The molecule has 0 spiro atoms.